The van der Waals surface area contributed by atoms with Gasteiger partial charge in [-0.05, 0) is 32.6 Å². The number of rotatable bonds is 6. The Morgan fingerprint density at radius 3 is 2.81 bits per heavy atom. The molecule has 1 fully saturated rings. The van der Waals surface area contributed by atoms with Gasteiger partial charge in [0, 0.05) is 6.42 Å². The van der Waals surface area contributed by atoms with E-state index in [4.69, 9.17) is 14.6 Å². The summed E-state index contributed by atoms with van der Waals surface area (Å²) in [5.41, 5.74) is 1.38. The van der Waals surface area contributed by atoms with Crippen LogP contribution >= 0.6 is 0 Å². The Balaban J connectivity index is 2.15. The van der Waals surface area contributed by atoms with Crippen LogP contribution in [0.25, 0.3) is 0 Å². The maximum atomic E-state index is 8.91. The van der Waals surface area contributed by atoms with E-state index < -0.39 is 0 Å². The minimum Gasteiger partial charge on any atom is -0.394 e. The van der Waals surface area contributed by atoms with Gasteiger partial charge < -0.3 is 14.6 Å². The Labute approximate surface area is 98.4 Å². The maximum absolute atomic E-state index is 8.91. The number of ether oxygens (including phenoxy) is 2. The smallest absolute Gasteiger partial charge is 0.158 e. The molecule has 16 heavy (non-hydrogen) atoms. The molecule has 1 heterocycles. The van der Waals surface area contributed by atoms with Crippen LogP contribution in [-0.2, 0) is 9.47 Å². The van der Waals surface area contributed by atoms with Crippen LogP contribution in [0.15, 0.2) is 11.6 Å². The van der Waals surface area contributed by atoms with E-state index in [-0.39, 0.29) is 19.0 Å². The summed E-state index contributed by atoms with van der Waals surface area (Å²) in [6.07, 6.45) is 5.25. The largest absolute Gasteiger partial charge is 0.394 e. The van der Waals surface area contributed by atoms with Gasteiger partial charge in [0.15, 0.2) is 6.29 Å². The Morgan fingerprint density at radius 1 is 1.50 bits per heavy atom. The van der Waals surface area contributed by atoms with Crippen LogP contribution in [0.5, 0.6) is 0 Å². The van der Waals surface area contributed by atoms with Crippen molar-refractivity contribution < 1.29 is 14.6 Å². The summed E-state index contributed by atoms with van der Waals surface area (Å²) >= 11 is 0. The lowest BCUT2D eigenvalue weighted by atomic mass is 10.0. The molecule has 0 saturated carbocycles. The topological polar surface area (TPSA) is 38.7 Å². The number of aliphatic hydroxyl groups is 1. The quantitative estimate of drug-likeness (QED) is 0.710. The van der Waals surface area contributed by atoms with Gasteiger partial charge in [0.05, 0.1) is 13.2 Å². The monoisotopic (exact) mass is 228 g/mol. The zero-order chi connectivity index (χ0) is 12.0. The molecule has 0 radical (unpaired) electrons. The Morgan fingerprint density at radius 2 is 2.25 bits per heavy atom. The normalized spacial score (nSPS) is 26.8. The van der Waals surface area contributed by atoms with Crippen molar-refractivity contribution in [1.82, 2.24) is 0 Å². The summed E-state index contributed by atoms with van der Waals surface area (Å²) in [5, 5.41) is 8.91. The molecule has 94 valence electrons. The number of aliphatic hydroxyl groups excluding tert-OH is 1. The van der Waals surface area contributed by atoms with E-state index >= 15 is 0 Å². The minimum atomic E-state index is -0.116. The molecule has 1 aliphatic heterocycles. The SMILES string of the molecule is CC(C)=CCCC(C)CC1OCC(CO)O1. The first kappa shape index (κ1) is 13.7. The Bertz CT molecular complexity index is 221. The molecule has 3 heteroatoms. The summed E-state index contributed by atoms with van der Waals surface area (Å²) in [5.74, 6) is 0.595. The predicted octanol–water partition coefficient (Wildman–Crippen LogP) is 2.49. The van der Waals surface area contributed by atoms with Crippen LogP contribution in [0.4, 0.5) is 0 Å². The maximum Gasteiger partial charge on any atom is 0.158 e. The van der Waals surface area contributed by atoms with Gasteiger partial charge in [-0.2, -0.15) is 0 Å². The zero-order valence-corrected chi connectivity index (χ0v) is 10.6. The van der Waals surface area contributed by atoms with E-state index in [0.29, 0.717) is 12.5 Å². The van der Waals surface area contributed by atoms with Crippen molar-refractivity contribution in [2.75, 3.05) is 13.2 Å². The van der Waals surface area contributed by atoms with Gasteiger partial charge in [0.1, 0.15) is 6.10 Å². The predicted molar refractivity (Wildman–Crippen MR) is 64.1 cm³/mol. The van der Waals surface area contributed by atoms with Gasteiger partial charge >= 0.3 is 0 Å². The van der Waals surface area contributed by atoms with Crippen molar-refractivity contribution in [3.63, 3.8) is 0 Å². The Hall–Kier alpha value is -0.380. The van der Waals surface area contributed by atoms with Crippen molar-refractivity contribution >= 4 is 0 Å². The molecular weight excluding hydrogens is 204 g/mol. The fraction of sp³-hybridized carbons (Fsp3) is 0.846. The third-order valence-corrected chi connectivity index (χ3v) is 2.82. The van der Waals surface area contributed by atoms with Crippen LogP contribution in [0.2, 0.25) is 0 Å². The molecule has 3 atom stereocenters. The lowest BCUT2D eigenvalue weighted by Crippen LogP contribution is -2.17. The van der Waals surface area contributed by atoms with Crippen LogP contribution in [0.3, 0.4) is 0 Å². The van der Waals surface area contributed by atoms with E-state index in [9.17, 15) is 0 Å². The molecule has 0 aliphatic carbocycles. The lowest BCUT2D eigenvalue weighted by Gasteiger charge is -2.15. The first-order valence-corrected chi connectivity index (χ1v) is 6.13. The van der Waals surface area contributed by atoms with E-state index in [2.05, 4.69) is 26.8 Å². The molecule has 1 saturated heterocycles. The van der Waals surface area contributed by atoms with Crippen LogP contribution in [0, 0.1) is 5.92 Å². The average molecular weight is 228 g/mol. The van der Waals surface area contributed by atoms with Crippen LogP contribution in [0.1, 0.15) is 40.0 Å². The van der Waals surface area contributed by atoms with E-state index in [0.717, 1.165) is 19.3 Å². The van der Waals surface area contributed by atoms with Gasteiger partial charge in [-0.15, -0.1) is 0 Å². The van der Waals surface area contributed by atoms with Crippen molar-refractivity contribution in [1.29, 1.82) is 0 Å². The number of allylic oxidation sites excluding steroid dienone is 2. The minimum absolute atomic E-state index is 0.0582. The second-order valence-corrected chi connectivity index (χ2v) is 4.90. The molecule has 1 rings (SSSR count). The zero-order valence-electron chi connectivity index (χ0n) is 10.6. The summed E-state index contributed by atoms with van der Waals surface area (Å²) in [6, 6.07) is 0. The summed E-state index contributed by atoms with van der Waals surface area (Å²) in [7, 11) is 0. The van der Waals surface area contributed by atoms with Crippen molar-refractivity contribution in [2.24, 2.45) is 5.92 Å². The second-order valence-electron chi connectivity index (χ2n) is 4.90. The van der Waals surface area contributed by atoms with Crippen molar-refractivity contribution in [3.05, 3.63) is 11.6 Å². The molecule has 0 bridgehead atoms. The molecular formula is C13H24O3. The average Bonchev–Trinajstić information content (AvgIpc) is 2.65. The molecule has 1 N–H and O–H groups in total. The summed E-state index contributed by atoms with van der Waals surface area (Å²) in [6.45, 7) is 7.06. The van der Waals surface area contributed by atoms with Crippen LogP contribution < -0.4 is 0 Å². The highest BCUT2D eigenvalue weighted by molar-refractivity contribution is 4.92. The third kappa shape index (κ3) is 5.10. The molecule has 3 nitrogen and oxygen atoms in total. The van der Waals surface area contributed by atoms with Crippen molar-refractivity contribution in [3.8, 4) is 0 Å². The highest BCUT2D eigenvalue weighted by atomic mass is 16.7. The molecule has 0 aromatic carbocycles. The molecule has 3 unspecified atom stereocenters. The summed E-state index contributed by atoms with van der Waals surface area (Å²) < 4.78 is 11.0. The van der Waals surface area contributed by atoms with Gasteiger partial charge in [-0.3, -0.25) is 0 Å². The molecule has 1 aliphatic rings. The fourth-order valence-electron chi connectivity index (χ4n) is 1.83. The molecule has 0 amide bonds. The van der Waals surface area contributed by atoms with Gasteiger partial charge in [-0.1, -0.05) is 18.6 Å². The van der Waals surface area contributed by atoms with Crippen LogP contribution in [-0.4, -0.2) is 30.7 Å². The summed E-state index contributed by atoms with van der Waals surface area (Å²) in [4.78, 5) is 0. The molecule has 0 aromatic heterocycles. The van der Waals surface area contributed by atoms with E-state index in [1.54, 1.807) is 0 Å². The van der Waals surface area contributed by atoms with Gasteiger partial charge in [-0.25, -0.2) is 0 Å². The third-order valence-electron chi connectivity index (χ3n) is 2.82. The first-order valence-electron chi connectivity index (χ1n) is 6.13. The standard InChI is InChI=1S/C13H24O3/c1-10(2)5-4-6-11(3)7-13-15-9-12(8-14)16-13/h5,11-14H,4,6-9H2,1-3H3. The lowest BCUT2D eigenvalue weighted by molar-refractivity contribution is -0.0770. The van der Waals surface area contributed by atoms with E-state index in [1.165, 1.54) is 5.57 Å². The fourth-order valence-corrected chi connectivity index (χ4v) is 1.83. The Kier molecular flexibility index (Phi) is 6.03. The van der Waals surface area contributed by atoms with E-state index in [1.807, 2.05) is 0 Å². The second kappa shape index (κ2) is 7.05. The van der Waals surface area contributed by atoms with Gasteiger partial charge in [0.2, 0.25) is 0 Å². The number of hydrogen-bond donors (Lipinski definition) is 1. The first-order chi connectivity index (χ1) is 7.61. The highest BCUT2D eigenvalue weighted by Crippen LogP contribution is 2.21. The molecule has 0 spiro atoms. The van der Waals surface area contributed by atoms with Gasteiger partial charge in [0.25, 0.3) is 0 Å². The van der Waals surface area contributed by atoms with Crippen molar-refractivity contribution in [2.45, 2.75) is 52.4 Å². The molecule has 0 aromatic rings. The highest BCUT2D eigenvalue weighted by Gasteiger charge is 2.26. The number of hydrogen-bond acceptors (Lipinski definition) is 3.